The van der Waals surface area contributed by atoms with Crippen LogP contribution in [0.25, 0.3) is 0 Å². The second kappa shape index (κ2) is 8.07. The van der Waals surface area contributed by atoms with Crippen molar-refractivity contribution in [2.24, 2.45) is 0 Å². The number of anilines is 1. The molecule has 1 aliphatic carbocycles. The van der Waals surface area contributed by atoms with Crippen LogP contribution in [0.4, 0.5) is 5.69 Å². The summed E-state index contributed by atoms with van der Waals surface area (Å²) >= 11 is 0. The van der Waals surface area contributed by atoms with Gasteiger partial charge in [-0.15, -0.1) is 0 Å². The Balaban J connectivity index is 1.27. The molecule has 1 aromatic carbocycles. The maximum atomic E-state index is 10.5. The van der Waals surface area contributed by atoms with Crippen molar-refractivity contribution in [1.29, 1.82) is 0 Å². The summed E-state index contributed by atoms with van der Waals surface area (Å²) in [7, 11) is 0. The second-order valence-electron chi connectivity index (χ2n) is 8.07. The summed E-state index contributed by atoms with van der Waals surface area (Å²) in [6.45, 7) is 3.43. The van der Waals surface area contributed by atoms with Crippen LogP contribution in [-0.2, 0) is 4.74 Å². The van der Waals surface area contributed by atoms with Crippen molar-refractivity contribution in [3.05, 3.63) is 30.3 Å². The Morgan fingerprint density at radius 3 is 2.32 bits per heavy atom. The third-order valence-electron chi connectivity index (χ3n) is 6.25. The lowest BCUT2D eigenvalue weighted by atomic mass is 9.98. The van der Waals surface area contributed by atoms with E-state index in [9.17, 15) is 5.11 Å². The zero-order valence-electron chi connectivity index (χ0n) is 15.2. The van der Waals surface area contributed by atoms with Gasteiger partial charge in [0, 0.05) is 37.4 Å². The smallest absolute Gasteiger partial charge is 0.0900 e. The van der Waals surface area contributed by atoms with Crippen LogP contribution in [0, 0.1) is 0 Å². The lowest BCUT2D eigenvalue weighted by Crippen LogP contribution is -2.56. The lowest BCUT2D eigenvalue weighted by Gasteiger charge is -2.43. The highest BCUT2D eigenvalue weighted by Crippen LogP contribution is 2.32. The van der Waals surface area contributed by atoms with E-state index in [2.05, 4.69) is 40.1 Å². The average molecular weight is 344 g/mol. The molecule has 3 aliphatic rings. The quantitative estimate of drug-likeness (QED) is 0.860. The van der Waals surface area contributed by atoms with Crippen molar-refractivity contribution in [3.63, 3.8) is 0 Å². The molecule has 4 nitrogen and oxygen atoms in total. The van der Waals surface area contributed by atoms with E-state index in [1.54, 1.807) is 0 Å². The van der Waals surface area contributed by atoms with E-state index in [0.717, 1.165) is 19.6 Å². The number of ether oxygens (including phenoxy) is 1. The van der Waals surface area contributed by atoms with E-state index >= 15 is 0 Å². The number of aliphatic hydroxyl groups excluding tert-OH is 1. The van der Waals surface area contributed by atoms with Crippen LogP contribution >= 0.6 is 0 Å². The Morgan fingerprint density at radius 2 is 1.64 bits per heavy atom. The molecule has 1 aromatic rings. The van der Waals surface area contributed by atoms with Crippen molar-refractivity contribution < 1.29 is 9.84 Å². The van der Waals surface area contributed by atoms with E-state index in [1.165, 1.54) is 50.6 Å². The van der Waals surface area contributed by atoms with Crippen LogP contribution in [0.15, 0.2) is 30.3 Å². The minimum Gasteiger partial charge on any atom is -0.389 e. The molecule has 0 aromatic heterocycles. The van der Waals surface area contributed by atoms with Crippen molar-refractivity contribution in [2.45, 2.75) is 69.2 Å². The molecule has 2 saturated heterocycles. The van der Waals surface area contributed by atoms with Crippen LogP contribution in [0.3, 0.4) is 0 Å². The topological polar surface area (TPSA) is 35.9 Å². The molecule has 4 rings (SSSR count). The van der Waals surface area contributed by atoms with Gasteiger partial charge in [-0.1, -0.05) is 37.5 Å². The lowest BCUT2D eigenvalue weighted by molar-refractivity contribution is -0.0389. The van der Waals surface area contributed by atoms with E-state index in [0.29, 0.717) is 24.8 Å². The van der Waals surface area contributed by atoms with Crippen LogP contribution in [-0.4, -0.2) is 60.5 Å². The van der Waals surface area contributed by atoms with Gasteiger partial charge in [0.05, 0.1) is 18.8 Å². The first-order valence-electron chi connectivity index (χ1n) is 10.1. The van der Waals surface area contributed by atoms with Crippen LogP contribution in [0.5, 0.6) is 0 Å². The summed E-state index contributed by atoms with van der Waals surface area (Å²) in [6, 6.07) is 11.9. The standard InChI is InChI=1S/C21H32N2O2/c24-20(16-25-21-9-5-2-6-10-21)15-23-18-11-12-19(23)14-22(13-18)17-7-3-1-4-8-17/h1,3-4,7-8,18-21,24H,2,5-6,9-16H2/t18-,19+,20-/m0/s1. The molecule has 4 heteroatoms. The normalized spacial score (nSPS) is 29.1. The number of benzene rings is 1. The second-order valence-corrected chi connectivity index (χ2v) is 8.07. The van der Waals surface area contributed by atoms with Gasteiger partial charge in [0.1, 0.15) is 0 Å². The van der Waals surface area contributed by atoms with Crippen molar-refractivity contribution in [2.75, 3.05) is 31.1 Å². The number of hydrogen-bond acceptors (Lipinski definition) is 4. The fourth-order valence-electron chi connectivity index (χ4n) is 4.91. The first-order chi connectivity index (χ1) is 12.3. The van der Waals surface area contributed by atoms with Gasteiger partial charge in [-0.3, -0.25) is 4.90 Å². The Labute approximate surface area is 151 Å². The molecule has 1 N–H and O–H groups in total. The molecule has 0 amide bonds. The maximum Gasteiger partial charge on any atom is 0.0900 e. The van der Waals surface area contributed by atoms with E-state index in [-0.39, 0.29) is 6.10 Å². The molecule has 1 saturated carbocycles. The van der Waals surface area contributed by atoms with Gasteiger partial charge < -0.3 is 14.7 Å². The third-order valence-corrected chi connectivity index (χ3v) is 6.25. The summed E-state index contributed by atoms with van der Waals surface area (Å²) in [5.41, 5.74) is 1.33. The van der Waals surface area contributed by atoms with Gasteiger partial charge >= 0.3 is 0 Å². The Hall–Kier alpha value is -1.10. The molecule has 3 fully saturated rings. The molecule has 138 valence electrons. The van der Waals surface area contributed by atoms with Gasteiger partial charge in [0.15, 0.2) is 0 Å². The highest BCUT2D eigenvalue weighted by molar-refractivity contribution is 5.47. The number of fused-ring (bicyclic) bond motifs is 2. The summed E-state index contributed by atoms with van der Waals surface area (Å²) in [4.78, 5) is 5.07. The SMILES string of the molecule is O[C@H](COC1CCCCC1)CN1[C@@H]2CC[C@H]1CN(c1ccccc1)C2. The van der Waals surface area contributed by atoms with E-state index < -0.39 is 0 Å². The summed E-state index contributed by atoms with van der Waals surface area (Å²) in [5, 5.41) is 10.5. The van der Waals surface area contributed by atoms with Gasteiger partial charge in [-0.25, -0.2) is 0 Å². The molecule has 0 unspecified atom stereocenters. The van der Waals surface area contributed by atoms with Crippen LogP contribution < -0.4 is 4.90 Å². The number of nitrogens with zero attached hydrogens (tertiary/aromatic N) is 2. The minimum absolute atomic E-state index is 0.353. The largest absolute Gasteiger partial charge is 0.389 e. The number of piperazine rings is 1. The Kier molecular flexibility index (Phi) is 5.59. The fourth-order valence-corrected chi connectivity index (χ4v) is 4.91. The van der Waals surface area contributed by atoms with Crippen molar-refractivity contribution in [3.8, 4) is 0 Å². The predicted molar refractivity (Wildman–Crippen MR) is 101 cm³/mol. The number of rotatable bonds is 6. The molecule has 0 radical (unpaired) electrons. The molecular formula is C21H32N2O2. The summed E-state index contributed by atoms with van der Waals surface area (Å²) in [6.07, 6.45) is 8.80. The van der Waals surface area contributed by atoms with E-state index in [4.69, 9.17) is 4.74 Å². The third kappa shape index (κ3) is 4.18. The molecule has 2 aliphatic heterocycles. The molecule has 0 spiro atoms. The average Bonchev–Trinajstić information content (AvgIpc) is 2.89. The Bertz CT molecular complexity index is 518. The highest BCUT2D eigenvalue weighted by Gasteiger charge is 2.40. The number of aliphatic hydroxyl groups is 1. The monoisotopic (exact) mass is 344 g/mol. The van der Waals surface area contributed by atoms with E-state index in [1.807, 2.05) is 0 Å². The van der Waals surface area contributed by atoms with Gasteiger partial charge in [-0.05, 0) is 37.8 Å². The maximum absolute atomic E-state index is 10.5. The molecule has 2 heterocycles. The first-order valence-corrected chi connectivity index (χ1v) is 10.1. The number of para-hydroxylation sites is 1. The summed E-state index contributed by atoms with van der Waals surface area (Å²) in [5.74, 6) is 0. The van der Waals surface area contributed by atoms with Crippen LogP contribution in [0.2, 0.25) is 0 Å². The summed E-state index contributed by atoms with van der Waals surface area (Å²) < 4.78 is 5.98. The zero-order chi connectivity index (χ0) is 17.1. The van der Waals surface area contributed by atoms with Gasteiger partial charge in [0.25, 0.3) is 0 Å². The Morgan fingerprint density at radius 1 is 0.960 bits per heavy atom. The first kappa shape index (κ1) is 17.3. The van der Waals surface area contributed by atoms with Crippen LogP contribution in [0.1, 0.15) is 44.9 Å². The van der Waals surface area contributed by atoms with Crippen molar-refractivity contribution in [1.82, 2.24) is 4.90 Å². The molecule has 2 bridgehead atoms. The molecule has 25 heavy (non-hydrogen) atoms. The highest BCUT2D eigenvalue weighted by atomic mass is 16.5. The molecular weight excluding hydrogens is 312 g/mol. The minimum atomic E-state index is -0.353. The zero-order valence-corrected chi connectivity index (χ0v) is 15.2. The van der Waals surface area contributed by atoms with Gasteiger partial charge in [0.2, 0.25) is 0 Å². The predicted octanol–water partition coefficient (Wildman–Crippen LogP) is 3.05. The van der Waals surface area contributed by atoms with Crippen molar-refractivity contribution >= 4 is 5.69 Å². The number of hydrogen-bond donors (Lipinski definition) is 1. The van der Waals surface area contributed by atoms with Gasteiger partial charge in [-0.2, -0.15) is 0 Å². The fraction of sp³-hybridized carbons (Fsp3) is 0.714. The molecule has 3 atom stereocenters.